The van der Waals surface area contributed by atoms with Gasteiger partial charge < -0.3 is 14.8 Å². The quantitative estimate of drug-likeness (QED) is 0.905. The third-order valence-electron chi connectivity index (χ3n) is 4.85. The zero-order valence-electron chi connectivity index (χ0n) is 14.4. The van der Waals surface area contributed by atoms with Gasteiger partial charge in [-0.2, -0.15) is 0 Å². The van der Waals surface area contributed by atoms with Crippen molar-refractivity contribution in [3.63, 3.8) is 0 Å². The van der Waals surface area contributed by atoms with E-state index in [4.69, 9.17) is 9.47 Å². The van der Waals surface area contributed by atoms with E-state index in [9.17, 15) is 4.79 Å². The van der Waals surface area contributed by atoms with Gasteiger partial charge in [0.1, 0.15) is 11.5 Å². The second kappa shape index (κ2) is 7.56. The fourth-order valence-corrected chi connectivity index (χ4v) is 3.35. The van der Waals surface area contributed by atoms with Crippen LogP contribution in [-0.4, -0.2) is 25.7 Å². The minimum Gasteiger partial charge on any atom is -0.497 e. The Morgan fingerprint density at radius 3 is 2.54 bits per heavy atom. The lowest BCUT2D eigenvalue weighted by molar-refractivity contribution is -0.124. The monoisotopic (exact) mass is 327 g/mol. The molecular formula is C20H25NO3. The van der Waals surface area contributed by atoms with Crippen molar-refractivity contribution in [1.29, 1.82) is 0 Å². The average molecular weight is 327 g/mol. The number of benzene rings is 2. The number of nitrogens with one attached hydrogen (secondary N) is 1. The van der Waals surface area contributed by atoms with Crippen molar-refractivity contribution in [3.8, 4) is 11.5 Å². The molecule has 1 amide bonds. The number of methoxy groups -OCH3 is 1. The highest BCUT2D eigenvalue weighted by atomic mass is 16.5. The predicted octanol–water partition coefficient (Wildman–Crippen LogP) is 3.92. The van der Waals surface area contributed by atoms with Gasteiger partial charge in [0.05, 0.1) is 7.11 Å². The van der Waals surface area contributed by atoms with Gasteiger partial charge >= 0.3 is 0 Å². The Balaban J connectivity index is 1.59. The molecule has 0 radical (unpaired) electrons. The number of ether oxygens (including phenoxy) is 2. The summed E-state index contributed by atoms with van der Waals surface area (Å²) in [7, 11) is 1.65. The van der Waals surface area contributed by atoms with E-state index in [1.165, 1.54) is 19.3 Å². The Morgan fingerprint density at radius 2 is 1.79 bits per heavy atom. The molecule has 4 nitrogen and oxygen atoms in total. The molecule has 1 N–H and O–H groups in total. The molecule has 1 fully saturated rings. The zero-order chi connectivity index (χ0) is 16.9. The Bertz CT molecular complexity index is 713. The summed E-state index contributed by atoms with van der Waals surface area (Å²) < 4.78 is 10.9. The fourth-order valence-electron chi connectivity index (χ4n) is 3.35. The van der Waals surface area contributed by atoms with Crippen LogP contribution in [0.25, 0.3) is 10.8 Å². The summed E-state index contributed by atoms with van der Waals surface area (Å²) in [6.45, 7) is 2.26. The number of carbonyl (C=O) groups is 1. The molecule has 1 aliphatic carbocycles. The summed E-state index contributed by atoms with van der Waals surface area (Å²) in [5, 5.41) is 5.26. The van der Waals surface area contributed by atoms with Gasteiger partial charge in [-0.15, -0.1) is 0 Å². The Kier molecular flexibility index (Phi) is 5.24. The van der Waals surface area contributed by atoms with Crippen LogP contribution >= 0.6 is 0 Å². The minimum absolute atomic E-state index is 0.0421. The Morgan fingerprint density at radius 1 is 1.08 bits per heavy atom. The van der Waals surface area contributed by atoms with Gasteiger partial charge in [0, 0.05) is 6.04 Å². The second-order valence-corrected chi connectivity index (χ2v) is 6.60. The van der Waals surface area contributed by atoms with Gasteiger partial charge in [0.25, 0.3) is 5.91 Å². The molecule has 128 valence electrons. The summed E-state index contributed by atoms with van der Waals surface area (Å²) in [6.07, 6.45) is 4.73. The fraction of sp³-hybridized carbons (Fsp3) is 0.450. The van der Waals surface area contributed by atoms with E-state index in [1.807, 2.05) is 36.4 Å². The van der Waals surface area contributed by atoms with Gasteiger partial charge in [-0.3, -0.25) is 4.79 Å². The van der Waals surface area contributed by atoms with E-state index in [1.54, 1.807) is 7.11 Å². The van der Waals surface area contributed by atoms with Gasteiger partial charge in [0.2, 0.25) is 0 Å². The number of amides is 1. The summed E-state index contributed by atoms with van der Waals surface area (Å²) >= 11 is 0. The van der Waals surface area contributed by atoms with Gasteiger partial charge in [-0.05, 0) is 53.8 Å². The molecule has 1 aliphatic rings. The Hall–Kier alpha value is -2.23. The normalized spacial score (nSPS) is 20.6. The molecule has 0 bridgehead atoms. The third-order valence-corrected chi connectivity index (χ3v) is 4.85. The van der Waals surface area contributed by atoms with Crippen molar-refractivity contribution in [2.24, 2.45) is 5.92 Å². The van der Waals surface area contributed by atoms with E-state index in [0.717, 1.165) is 22.9 Å². The van der Waals surface area contributed by atoms with Gasteiger partial charge in [0.15, 0.2) is 6.61 Å². The molecule has 2 unspecified atom stereocenters. The summed E-state index contributed by atoms with van der Waals surface area (Å²) in [6, 6.07) is 12.0. The van der Waals surface area contributed by atoms with Crippen LogP contribution in [0.15, 0.2) is 36.4 Å². The maximum Gasteiger partial charge on any atom is 0.258 e. The summed E-state index contributed by atoms with van der Waals surface area (Å²) in [5.74, 6) is 2.02. The van der Waals surface area contributed by atoms with Crippen LogP contribution in [0.4, 0.5) is 0 Å². The molecule has 2 atom stereocenters. The smallest absolute Gasteiger partial charge is 0.258 e. The highest BCUT2D eigenvalue weighted by molar-refractivity contribution is 5.85. The zero-order valence-corrected chi connectivity index (χ0v) is 14.4. The first kappa shape index (κ1) is 16.6. The van der Waals surface area contributed by atoms with Gasteiger partial charge in [-0.1, -0.05) is 31.9 Å². The SMILES string of the molecule is COc1ccc2ccc(OCC(=O)NC3CCCCC3C)cc2c1. The van der Waals surface area contributed by atoms with Crippen LogP contribution in [-0.2, 0) is 4.79 Å². The number of carbonyl (C=O) groups excluding carboxylic acids is 1. The van der Waals surface area contributed by atoms with Crippen LogP contribution in [0.3, 0.4) is 0 Å². The van der Waals surface area contributed by atoms with E-state index in [0.29, 0.717) is 11.7 Å². The largest absolute Gasteiger partial charge is 0.497 e. The van der Waals surface area contributed by atoms with Crippen molar-refractivity contribution in [2.45, 2.75) is 38.6 Å². The van der Waals surface area contributed by atoms with E-state index < -0.39 is 0 Å². The average Bonchev–Trinajstić information content (AvgIpc) is 2.61. The Labute approximate surface area is 143 Å². The summed E-state index contributed by atoms with van der Waals surface area (Å²) in [5.41, 5.74) is 0. The first-order chi connectivity index (χ1) is 11.7. The van der Waals surface area contributed by atoms with E-state index >= 15 is 0 Å². The molecule has 4 heteroatoms. The molecule has 0 aromatic heterocycles. The maximum atomic E-state index is 12.1. The second-order valence-electron chi connectivity index (χ2n) is 6.60. The number of hydrogen-bond acceptors (Lipinski definition) is 3. The molecule has 2 aromatic carbocycles. The molecule has 0 aliphatic heterocycles. The molecule has 2 aromatic rings. The molecule has 24 heavy (non-hydrogen) atoms. The van der Waals surface area contributed by atoms with Crippen LogP contribution in [0.2, 0.25) is 0 Å². The van der Waals surface area contributed by atoms with Crippen LogP contribution in [0.5, 0.6) is 11.5 Å². The third kappa shape index (κ3) is 3.99. The van der Waals surface area contributed by atoms with E-state index in [2.05, 4.69) is 12.2 Å². The minimum atomic E-state index is -0.0421. The van der Waals surface area contributed by atoms with Crippen LogP contribution in [0, 0.1) is 5.92 Å². The van der Waals surface area contributed by atoms with Crippen molar-refractivity contribution >= 4 is 16.7 Å². The molecule has 1 saturated carbocycles. The predicted molar refractivity (Wildman–Crippen MR) is 95.6 cm³/mol. The van der Waals surface area contributed by atoms with Crippen molar-refractivity contribution < 1.29 is 14.3 Å². The van der Waals surface area contributed by atoms with Gasteiger partial charge in [-0.25, -0.2) is 0 Å². The number of fused-ring (bicyclic) bond motifs is 1. The van der Waals surface area contributed by atoms with Crippen molar-refractivity contribution in [3.05, 3.63) is 36.4 Å². The molecular weight excluding hydrogens is 302 g/mol. The highest BCUT2D eigenvalue weighted by Gasteiger charge is 2.22. The van der Waals surface area contributed by atoms with Crippen molar-refractivity contribution in [1.82, 2.24) is 5.32 Å². The highest BCUT2D eigenvalue weighted by Crippen LogP contribution is 2.25. The number of hydrogen-bond donors (Lipinski definition) is 1. The number of rotatable bonds is 5. The lowest BCUT2D eigenvalue weighted by Gasteiger charge is -2.29. The lowest BCUT2D eigenvalue weighted by atomic mass is 9.86. The maximum absolute atomic E-state index is 12.1. The molecule has 3 rings (SSSR count). The molecule has 0 saturated heterocycles. The topological polar surface area (TPSA) is 47.6 Å². The summed E-state index contributed by atoms with van der Waals surface area (Å²) in [4.78, 5) is 12.1. The van der Waals surface area contributed by atoms with E-state index in [-0.39, 0.29) is 18.6 Å². The van der Waals surface area contributed by atoms with Crippen LogP contribution in [0.1, 0.15) is 32.6 Å². The molecule has 0 heterocycles. The first-order valence-corrected chi connectivity index (χ1v) is 8.65. The van der Waals surface area contributed by atoms with Crippen molar-refractivity contribution in [2.75, 3.05) is 13.7 Å². The standard InChI is InChI=1S/C20H25NO3/c1-14-5-3-4-6-19(14)21-20(22)13-24-18-10-8-15-7-9-17(23-2)11-16(15)12-18/h7-12,14,19H,3-6,13H2,1-2H3,(H,21,22). The lowest BCUT2D eigenvalue weighted by Crippen LogP contribution is -2.43. The first-order valence-electron chi connectivity index (χ1n) is 8.65. The molecule has 0 spiro atoms. The van der Waals surface area contributed by atoms with Crippen LogP contribution < -0.4 is 14.8 Å².